The molecule has 1 fully saturated rings. The molecule has 0 aliphatic carbocycles. The highest BCUT2D eigenvalue weighted by atomic mass is 16.5. The second-order valence-corrected chi connectivity index (χ2v) is 4.79. The van der Waals surface area contributed by atoms with E-state index in [1.165, 1.54) is 20.0 Å². The third-order valence-corrected chi connectivity index (χ3v) is 3.40. The zero-order chi connectivity index (χ0) is 14.4. The van der Waals surface area contributed by atoms with Crippen LogP contribution in [0.25, 0.3) is 0 Å². The van der Waals surface area contributed by atoms with Gasteiger partial charge in [-0.3, -0.25) is 4.90 Å². The number of carbonyl (C=O) groups is 1. The van der Waals surface area contributed by atoms with Gasteiger partial charge in [0.25, 0.3) is 0 Å². The van der Waals surface area contributed by atoms with Crippen LogP contribution >= 0.6 is 0 Å². The maximum Gasteiger partial charge on any atom is 0.337 e. The van der Waals surface area contributed by atoms with Gasteiger partial charge in [0.05, 0.1) is 19.3 Å². The molecule has 5 nitrogen and oxygen atoms in total. The number of benzene rings is 1. The van der Waals surface area contributed by atoms with Gasteiger partial charge in [-0.2, -0.15) is 0 Å². The molecule has 1 saturated heterocycles. The highest BCUT2D eigenvalue weighted by Crippen LogP contribution is 2.19. The number of likely N-dealkylation sites (tertiary alicyclic amines) is 1. The van der Waals surface area contributed by atoms with Gasteiger partial charge in [0.15, 0.2) is 6.23 Å². The molecule has 1 aromatic carbocycles. The summed E-state index contributed by atoms with van der Waals surface area (Å²) in [4.78, 5) is 13.6. The van der Waals surface area contributed by atoms with Gasteiger partial charge >= 0.3 is 5.97 Å². The number of hydrogen-bond acceptors (Lipinski definition) is 5. The molecular formula is C15H21NO4. The normalized spacial score (nSPS) is 16.9. The maximum atomic E-state index is 11.4. The fourth-order valence-electron chi connectivity index (χ4n) is 2.33. The van der Waals surface area contributed by atoms with Crippen molar-refractivity contribution in [2.24, 2.45) is 0 Å². The van der Waals surface area contributed by atoms with E-state index in [1.54, 1.807) is 31.4 Å². The molecule has 0 aromatic heterocycles. The number of nitrogens with zero attached hydrogens (tertiary/aromatic N) is 1. The number of rotatable bonds is 6. The van der Waals surface area contributed by atoms with Crippen molar-refractivity contribution < 1.29 is 19.0 Å². The Hall–Kier alpha value is -1.59. The summed E-state index contributed by atoms with van der Waals surface area (Å²) < 4.78 is 15.9. The molecule has 1 aliphatic heterocycles. The summed E-state index contributed by atoms with van der Waals surface area (Å²) in [6.45, 7) is 2.60. The minimum Gasteiger partial charge on any atom is -0.473 e. The van der Waals surface area contributed by atoms with Crippen molar-refractivity contribution in [1.29, 1.82) is 0 Å². The monoisotopic (exact) mass is 279 g/mol. The highest BCUT2D eigenvalue weighted by molar-refractivity contribution is 5.89. The van der Waals surface area contributed by atoms with Crippen LogP contribution in [-0.4, -0.2) is 51.0 Å². The van der Waals surface area contributed by atoms with Crippen LogP contribution in [0.2, 0.25) is 0 Å². The van der Waals surface area contributed by atoms with Crippen molar-refractivity contribution in [3.8, 4) is 5.75 Å². The number of hydrogen-bond donors (Lipinski definition) is 0. The molecule has 0 radical (unpaired) electrons. The van der Waals surface area contributed by atoms with E-state index in [0.717, 1.165) is 18.8 Å². The summed E-state index contributed by atoms with van der Waals surface area (Å²) in [5, 5.41) is 0. The van der Waals surface area contributed by atoms with Crippen molar-refractivity contribution in [3.63, 3.8) is 0 Å². The number of carbonyl (C=O) groups excluding carboxylic acids is 1. The summed E-state index contributed by atoms with van der Waals surface area (Å²) in [6.07, 6.45) is 2.32. The van der Waals surface area contributed by atoms with E-state index < -0.39 is 0 Å². The number of esters is 1. The van der Waals surface area contributed by atoms with E-state index in [1.807, 2.05) is 0 Å². The first kappa shape index (κ1) is 14.8. The van der Waals surface area contributed by atoms with Gasteiger partial charge in [0.2, 0.25) is 0 Å². The van der Waals surface area contributed by atoms with Gasteiger partial charge in [-0.1, -0.05) is 0 Å². The van der Waals surface area contributed by atoms with Crippen molar-refractivity contribution >= 4 is 5.97 Å². The Morgan fingerprint density at radius 2 is 1.85 bits per heavy atom. The molecule has 1 atom stereocenters. The number of methoxy groups -OCH3 is 2. The van der Waals surface area contributed by atoms with Gasteiger partial charge < -0.3 is 14.2 Å². The molecule has 1 heterocycles. The van der Waals surface area contributed by atoms with E-state index in [9.17, 15) is 4.79 Å². The smallest absolute Gasteiger partial charge is 0.337 e. The first-order valence-electron chi connectivity index (χ1n) is 6.82. The summed E-state index contributed by atoms with van der Waals surface area (Å²) >= 11 is 0. The first-order chi connectivity index (χ1) is 9.74. The molecule has 5 heteroatoms. The van der Waals surface area contributed by atoms with E-state index >= 15 is 0 Å². The minimum atomic E-state index is -0.343. The lowest BCUT2D eigenvalue weighted by molar-refractivity contribution is -0.0175. The summed E-state index contributed by atoms with van der Waals surface area (Å²) in [5.74, 6) is 0.385. The third-order valence-electron chi connectivity index (χ3n) is 3.40. The quantitative estimate of drug-likeness (QED) is 0.745. The van der Waals surface area contributed by atoms with Gasteiger partial charge in [-0.25, -0.2) is 4.79 Å². The van der Waals surface area contributed by atoms with Crippen LogP contribution in [0.1, 0.15) is 23.2 Å². The molecule has 0 saturated carbocycles. The van der Waals surface area contributed by atoms with Crippen LogP contribution in [0.3, 0.4) is 0 Å². The van der Waals surface area contributed by atoms with Crippen molar-refractivity contribution in [2.75, 3.05) is 33.9 Å². The Balaban J connectivity index is 2.00. The summed E-state index contributed by atoms with van der Waals surface area (Å²) in [6, 6.07) is 6.97. The second kappa shape index (κ2) is 7.26. The van der Waals surface area contributed by atoms with E-state index in [4.69, 9.17) is 9.47 Å². The Labute approximate surface area is 119 Å². The zero-order valence-electron chi connectivity index (χ0n) is 12.0. The van der Waals surface area contributed by atoms with Gasteiger partial charge in [-0.05, 0) is 37.1 Å². The zero-order valence-corrected chi connectivity index (χ0v) is 12.0. The predicted molar refractivity (Wildman–Crippen MR) is 74.9 cm³/mol. The lowest BCUT2D eigenvalue weighted by Crippen LogP contribution is -2.40. The molecule has 0 amide bonds. The Bertz CT molecular complexity index is 426. The molecule has 20 heavy (non-hydrogen) atoms. The topological polar surface area (TPSA) is 48.0 Å². The lowest BCUT2D eigenvalue weighted by atomic mass is 10.2. The van der Waals surface area contributed by atoms with Gasteiger partial charge in [-0.15, -0.1) is 0 Å². The van der Waals surface area contributed by atoms with Crippen LogP contribution in [0.4, 0.5) is 0 Å². The lowest BCUT2D eigenvalue weighted by Gasteiger charge is -2.27. The van der Waals surface area contributed by atoms with Crippen LogP contribution in [0.15, 0.2) is 24.3 Å². The molecule has 0 N–H and O–H groups in total. The molecule has 110 valence electrons. The predicted octanol–water partition coefficient (Wildman–Crippen LogP) is 1.92. The third kappa shape index (κ3) is 3.71. The molecule has 0 bridgehead atoms. The van der Waals surface area contributed by atoms with Crippen LogP contribution in [0, 0.1) is 0 Å². The van der Waals surface area contributed by atoms with Gasteiger partial charge in [0, 0.05) is 20.2 Å². The maximum absolute atomic E-state index is 11.4. The first-order valence-corrected chi connectivity index (χ1v) is 6.82. The fourth-order valence-corrected chi connectivity index (χ4v) is 2.33. The van der Waals surface area contributed by atoms with Crippen molar-refractivity contribution in [2.45, 2.75) is 19.1 Å². The molecule has 1 unspecified atom stereocenters. The van der Waals surface area contributed by atoms with Crippen LogP contribution in [0.5, 0.6) is 5.75 Å². The average Bonchev–Trinajstić information content (AvgIpc) is 3.01. The SMILES string of the molecule is COCC(Oc1ccc(C(=O)OC)cc1)N1CCCC1. The molecule has 1 aromatic rings. The Morgan fingerprint density at radius 3 is 2.40 bits per heavy atom. The second-order valence-electron chi connectivity index (χ2n) is 4.79. The van der Waals surface area contributed by atoms with Crippen LogP contribution in [-0.2, 0) is 9.47 Å². The average molecular weight is 279 g/mol. The Kier molecular flexibility index (Phi) is 5.38. The molecule has 2 rings (SSSR count). The summed E-state index contributed by atoms with van der Waals surface area (Å²) in [5.41, 5.74) is 0.518. The van der Waals surface area contributed by atoms with Crippen molar-refractivity contribution in [3.05, 3.63) is 29.8 Å². The standard InChI is InChI=1S/C15H21NO4/c1-18-11-14(16-9-3-4-10-16)20-13-7-5-12(6-8-13)15(17)19-2/h5-8,14H,3-4,9-11H2,1-2H3. The fraction of sp³-hybridized carbons (Fsp3) is 0.533. The highest BCUT2D eigenvalue weighted by Gasteiger charge is 2.23. The minimum absolute atomic E-state index is 0.0773. The Morgan fingerprint density at radius 1 is 1.20 bits per heavy atom. The number of ether oxygens (including phenoxy) is 3. The van der Waals surface area contributed by atoms with Crippen molar-refractivity contribution in [1.82, 2.24) is 4.90 Å². The van der Waals surface area contributed by atoms with Gasteiger partial charge in [0.1, 0.15) is 5.75 Å². The molecule has 0 spiro atoms. The molecular weight excluding hydrogens is 258 g/mol. The van der Waals surface area contributed by atoms with Crippen LogP contribution < -0.4 is 4.74 Å². The largest absolute Gasteiger partial charge is 0.473 e. The van der Waals surface area contributed by atoms with E-state index in [0.29, 0.717) is 12.2 Å². The van der Waals surface area contributed by atoms with E-state index in [-0.39, 0.29) is 12.2 Å². The van der Waals surface area contributed by atoms with E-state index in [2.05, 4.69) is 9.64 Å². The molecule has 1 aliphatic rings. The summed E-state index contributed by atoms with van der Waals surface area (Å²) in [7, 11) is 3.04.